The molecule has 0 heterocycles. The van der Waals surface area contributed by atoms with Crippen molar-refractivity contribution in [2.75, 3.05) is 52.9 Å². The van der Waals surface area contributed by atoms with Crippen LogP contribution in [0.15, 0.2) is 48.5 Å². The van der Waals surface area contributed by atoms with Gasteiger partial charge in [0.2, 0.25) is 0 Å². The minimum Gasteiger partial charge on any atom is -0.491 e. The molecule has 206 valence electrons. The Hall–Kier alpha value is -2.68. The van der Waals surface area contributed by atoms with E-state index in [9.17, 15) is 10.1 Å². The summed E-state index contributed by atoms with van der Waals surface area (Å²) in [4.78, 5) is 10.2. The maximum absolute atomic E-state index is 10.6. The second kappa shape index (κ2) is 20.4. The van der Waals surface area contributed by atoms with Crippen molar-refractivity contribution in [2.45, 2.75) is 58.3 Å². The van der Waals surface area contributed by atoms with Crippen molar-refractivity contribution >= 4 is 5.69 Å². The van der Waals surface area contributed by atoms with Crippen molar-refractivity contribution in [3.05, 3.63) is 64.2 Å². The van der Waals surface area contributed by atoms with Crippen LogP contribution >= 0.6 is 0 Å². The van der Waals surface area contributed by atoms with Crippen LogP contribution in [-0.4, -0.2) is 57.8 Å². The molecule has 0 aliphatic carbocycles. The van der Waals surface area contributed by atoms with Gasteiger partial charge in [-0.25, -0.2) is 0 Å². The Kier molecular flexibility index (Phi) is 16.8. The largest absolute Gasteiger partial charge is 0.491 e. The van der Waals surface area contributed by atoms with Gasteiger partial charge in [0.25, 0.3) is 5.69 Å². The van der Waals surface area contributed by atoms with Crippen LogP contribution in [0, 0.1) is 10.1 Å². The zero-order chi connectivity index (χ0) is 26.4. The van der Waals surface area contributed by atoms with Crippen LogP contribution in [0.3, 0.4) is 0 Å². The van der Waals surface area contributed by atoms with E-state index >= 15 is 0 Å². The van der Waals surface area contributed by atoms with E-state index in [0.29, 0.717) is 58.6 Å². The van der Waals surface area contributed by atoms with Gasteiger partial charge in [0.1, 0.15) is 24.7 Å². The molecule has 8 nitrogen and oxygen atoms in total. The minimum absolute atomic E-state index is 0.0381. The highest BCUT2D eigenvalue weighted by atomic mass is 16.6. The molecule has 0 saturated heterocycles. The van der Waals surface area contributed by atoms with Crippen LogP contribution in [-0.2, 0) is 20.6 Å². The van der Waals surface area contributed by atoms with Crippen molar-refractivity contribution in [3.8, 4) is 11.5 Å². The molecule has 0 N–H and O–H groups in total. The van der Waals surface area contributed by atoms with Gasteiger partial charge in [-0.3, -0.25) is 10.1 Å². The molecule has 0 bridgehead atoms. The number of nitro groups is 1. The number of rotatable bonds is 23. The van der Waals surface area contributed by atoms with Crippen molar-refractivity contribution < 1.29 is 28.6 Å². The van der Waals surface area contributed by atoms with Gasteiger partial charge in [-0.15, -0.1) is 0 Å². The number of nitro benzene ring substituents is 1. The van der Waals surface area contributed by atoms with E-state index in [0.717, 1.165) is 12.2 Å². The molecule has 2 aromatic carbocycles. The number of nitrogens with zero attached hydrogens (tertiary/aromatic N) is 1. The topological polar surface area (TPSA) is 89.3 Å². The van der Waals surface area contributed by atoms with E-state index in [1.165, 1.54) is 62.6 Å². The lowest BCUT2D eigenvalue weighted by Gasteiger charge is -2.09. The Morgan fingerprint density at radius 2 is 1.03 bits per heavy atom. The van der Waals surface area contributed by atoms with Crippen LogP contribution in [0.5, 0.6) is 11.5 Å². The molecule has 8 heteroatoms. The number of ether oxygens (including phenoxy) is 5. The average Bonchev–Trinajstić information content (AvgIpc) is 2.91. The second-order valence-corrected chi connectivity index (χ2v) is 8.80. The highest BCUT2D eigenvalue weighted by Gasteiger charge is 2.04. The Morgan fingerprint density at radius 1 is 0.595 bits per heavy atom. The number of aryl methyl sites for hydroxylation is 1. The van der Waals surface area contributed by atoms with Gasteiger partial charge < -0.3 is 23.7 Å². The van der Waals surface area contributed by atoms with Gasteiger partial charge in [0.15, 0.2) is 0 Å². The van der Waals surface area contributed by atoms with E-state index in [2.05, 4.69) is 19.1 Å². The summed E-state index contributed by atoms with van der Waals surface area (Å²) in [5.41, 5.74) is 1.41. The molecule has 0 unspecified atom stereocenters. The van der Waals surface area contributed by atoms with Crippen LogP contribution in [0.25, 0.3) is 0 Å². The van der Waals surface area contributed by atoms with Gasteiger partial charge >= 0.3 is 0 Å². The first-order chi connectivity index (χ1) is 18.2. The summed E-state index contributed by atoms with van der Waals surface area (Å²) in [5, 5.41) is 10.6. The third-order valence-electron chi connectivity index (χ3n) is 5.78. The molecule has 0 atom stereocenters. The predicted octanol–water partition coefficient (Wildman–Crippen LogP) is 6.40. The van der Waals surface area contributed by atoms with Crippen molar-refractivity contribution in [3.63, 3.8) is 0 Å². The van der Waals surface area contributed by atoms with Crippen LogP contribution < -0.4 is 9.47 Å². The maximum Gasteiger partial charge on any atom is 0.269 e. The third kappa shape index (κ3) is 15.2. The molecular weight excluding hydrogens is 474 g/mol. The molecule has 0 aliphatic rings. The number of unbranched alkanes of at least 4 members (excludes halogenated alkanes) is 6. The molecule has 0 spiro atoms. The van der Waals surface area contributed by atoms with E-state index < -0.39 is 4.92 Å². The van der Waals surface area contributed by atoms with E-state index in [1.54, 1.807) is 12.1 Å². The zero-order valence-electron chi connectivity index (χ0n) is 22.2. The van der Waals surface area contributed by atoms with Gasteiger partial charge in [0, 0.05) is 12.1 Å². The first-order valence-electron chi connectivity index (χ1n) is 13.5. The monoisotopic (exact) mass is 517 g/mol. The van der Waals surface area contributed by atoms with E-state index in [4.69, 9.17) is 23.7 Å². The minimum atomic E-state index is -0.441. The van der Waals surface area contributed by atoms with Crippen LogP contribution in [0.4, 0.5) is 5.69 Å². The highest BCUT2D eigenvalue weighted by Crippen LogP contribution is 2.17. The fourth-order valence-corrected chi connectivity index (χ4v) is 3.68. The van der Waals surface area contributed by atoms with E-state index in [-0.39, 0.29) is 5.69 Å². The molecule has 0 radical (unpaired) electrons. The summed E-state index contributed by atoms with van der Waals surface area (Å²) < 4.78 is 27.7. The first kappa shape index (κ1) is 30.5. The SMILES string of the molecule is CCCCCCCCCc1ccc(OCCOCCOCCOCCOc2ccc([N+](=O)[O-])cc2)cc1. The fraction of sp³-hybridized carbons (Fsp3) is 0.586. The first-order valence-corrected chi connectivity index (χ1v) is 13.5. The number of hydrogen-bond donors (Lipinski definition) is 0. The predicted molar refractivity (Wildman–Crippen MR) is 145 cm³/mol. The zero-order valence-corrected chi connectivity index (χ0v) is 22.2. The van der Waals surface area contributed by atoms with Gasteiger partial charge in [0.05, 0.1) is 44.6 Å². The second-order valence-electron chi connectivity index (χ2n) is 8.80. The molecule has 0 amide bonds. The molecule has 0 aliphatic heterocycles. The Labute approximate surface area is 221 Å². The summed E-state index contributed by atoms with van der Waals surface area (Å²) in [7, 11) is 0. The summed E-state index contributed by atoms with van der Waals surface area (Å²) in [6.45, 7) is 5.99. The molecule has 0 fully saturated rings. The Bertz CT molecular complexity index is 827. The van der Waals surface area contributed by atoms with Crippen molar-refractivity contribution in [1.29, 1.82) is 0 Å². The summed E-state index contributed by atoms with van der Waals surface area (Å²) in [6.07, 6.45) is 10.5. The summed E-state index contributed by atoms with van der Waals surface area (Å²) in [6, 6.07) is 14.4. The van der Waals surface area contributed by atoms with Crippen molar-refractivity contribution in [1.82, 2.24) is 0 Å². The summed E-state index contributed by atoms with van der Waals surface area (Å²) >= 11 is 0. The molecule has 0 aromatic heterocycles. The average molecular weight is 518 g/mol. The normalized spacial score (nSPS) is 10.9. The Morgan fingerprint density at radius 3 is 1.51 bits per heavy atom. The molecule has 37 heavy (non-hydrogen) atoms. The molecule has 0 saturated carbocycles. The van der Waals surface area contributed by atoms with Crippen LogP contribution in [0.1, 0.15) is 57.4 Å². The number of hydrogen-bond acceptors (Lipinski definition) is 7. The van der Waals surface area contributed by atoms with Crippen LogP contribution in [0.2, 0.25) is 0 Å². The fourth-order valence-electron chi connectivity index (χ4n) is 3.68. The molecule has 2 aromatic rings. The summed E-state index contributed by atoms with van der Waals surface area (Å²) in [5.74, 6) is 1.44. The molecular formula is C29H43NO7. The van der Waals surface area contributed by atoms with Gasteiger partial charge in [-0.2, -0.15) is 0 Å². The molecule has 2 rings (SSSR count). The number of non-ortho nitro benzene ring substituents is 1. The smallest absolute Gasteiger partial charge is 0.269 e. The Balaban J connectivity index is 1.35. The third-order valence-corrected chi connectivity index (χ3v) is 5.78. The van der Waals surface area contributed by atoms with E-state index in [1.807, 2.05) is 12.1 Å². The van der Waals surface area contributed by atoms with Gasteiger partial charge in [-0.1, -0.05) is 57.6 Å². The van der Waals surface area contributed by atoms with Gasteiger partial charge in [-0.05, 0) is 42.7 Å². The standard InChI is InChI=1S/C29H43NO7/c1-2-3-4-5-6-7-8-9-26-10-14-28(15-11-26)36-24-22-34-20-18-33-19-21-35-23-25-37-29-16-12-27(13-17-29)30(31)32/h10-17H,2-9,18-25H2,1H3. The maximum atomic E-state index is 10.6. The lowest BCUT2D eigenvalue weighted by Crippen LogP contribution is -2.14. The quantitative estimate of drug-likeness (QED) is 0.0958. The lowest BCUT2D eigenvalue weighted by atomic mass is 10.0. The highest BCUT2D eigenvalue weighted by molar-refractivity contribution is 5.35. The lowest BCUT2D eigenvalue weighted by molar-refractivity contribution is -0.384. The van der Waals surface area contributed by atoms with Crippen molar-refractivity contribution in [2.24, 2.45) is 0 Å². The number of benzene rings is 2.